The third-order valence-corrected chi connectivity index (χ3v) is 2.96. The van der Waals surface area contributed by atoms with Crippen LogP contribution in [0.3, 0.4) is 0 Å². The van der Waals surface area contributed by atoms with E-state index < -0.39 is 18.2 Å². The van der Waals surface area contributed by atoms with Gasteiger partial charge in [-0.05, 0) is 23.8 Å². The standard InChI is InChI=1S/C14H11ClF3NO/c15-11-4-2-1-3-9(11)8-19-10-5-6-13(12(16)7-10)20-14(17)18/h1-7,14,19H,8H2. The highest BCUT2D eigenvalue weighted by molar-refractivity contribution is 6.31. The molecule has 2 aromatic rings. The Morgan fingerprint density at radius 3 is 2.55 bits per heavy atom. The summed E-state index contributed by atoms with van der Waals surface area (Å²) in [5.41, 5.74) is 1.30. The predicted octanol–water partition coefficient (Wildman–Crippen LogP) is 4.69. The van der Waals surface area contributed by atoms with Gasteiger partial charge in [-0.2, -0.15) is 8.78 Å². The van der Waals surface area contributed by atoms with E-state index in [1.165, 1.54) is 6.07 Å². The molecule has 0 saturated carbocycles. The second-order valence-corrected chi connectivity index (χ2v) is 4.38. The maximum Gasteiger partial charge on any atom is 0.387 e. The Morgan fingerprint density at radius 1 is 1.15 bits per heavy atom. The van der Waals surface area contributed by atoms with Crippen molar-refractivity contribution in [2.45, 2.75) is 13.2 Å². The smallest absolute Gasteiger partial charge is 0.387 e. The summed E-state index contributed by atoms with van der Waals surface area (Å²) >= 11 is 5.99. The molecule has 2 nitrogen and oxygen atoms in total. The van der Waals surface area contributed by atoms with Gasteiger partial charge >= 0.3 is 6.61 Å². The highest BCUT2D eigenvalue weighted by Gasteiger charge is 2.10. The van der Waals surface area contributed by atoms with E-state index in [1.54, 1.807) is 6.07 Å². The van der Waals surface area contributed by atoms with E-state index in [0.29, 0.717) is 17.3 Å². The van der Waals surface area contributed by atoms with Gasteiger partial charge < -0.3 is 10.1 Å². The van der Waals surface area contributed by atoms with Crippen LogP contribution in [0.5, 0.6) is 5.75 Å². The third kappa shape index (κ3) is 3.81. The van der Waals surface area contributed by atoms with Crippen LogP contribution in [0, 0.1) is 5.82 Å². The van der Waals surface area contributed by atoms with Crippen molar-refractivity contribution in [2.24, 2.45) is 0 Å². The lowest BCUT2D eigenvalue weighted by Gasteiger charge is -2.10. The van der Waals surface area contributed by atoms with Crippen molar-refractivity contribution in [1.29, 1.82) is 0 Å². The first-order valence-electron chi connectivity index (χ1n) is 5.78. The summed E-state index contributed by atoms with van der Waals surface area (Å²) in [5, 5.41) is 3.55. The minimum atomic E-state index is -3.05. The van der Waals surface area contributed by atoms with Crippen molar-refractivity contribution in [2.75, 3.05) is 5.32 Å². The van der Waals surface area contributed by atoms with Gasteiger partial charge in [0.25, 0.3) is 0 Å². The molecular formula is C14H11ClF3NO. The van der Waals surface area contributed by atoms with Crippen LogP contribution in [-0.2, 0) is 6.54 Å². The molecular weight excluding hydrogens is 291 g/mol. The molecule has 1 N–H and O–H groups in total. The molecule has 0 radical (unpaired) electrons. The van der Waals surface area contributed by atoms with Crippen LogP contribution in [0.1, 0.15) is 5.56 Å². The molecule has 2 rings (SSSR count). The fourth-order valence-corrected chi connectivity index (χ4v) is 1.84. The van der Waals surface area contributed by atoms with E-state index in [9.17, 15) is 13.2 Å². The fourth-order valence-electron chi connectivity index (χ4n) is 1.64. The van der Waals surface area contributed by atoms with Crippen molar-refractivity contribution < 1.29 is 17.9 Å². The maximum absolute atomic E-state index is 13.5. The molecule has 0 bridgehead atoms. The number of alkyl halides is 2. The summed E-state index contributed by atoms with van der Waals surface area (Å²) in [6.07, 6.45) is 0. The fraction of sp³-hybridized carbons (Fsp3) is 0.143. The van der Waals surface area contributed by atoms with Crippen LogP contribution in [0.15, 0.2) is 42.5 Å². The summed E-state index contributed by atoms with van der Waals surface area (Å²) in [7, 11) is 0. The molecule has 0 aliphatic rings. The minimum Gasteiger partial charge on any atom is -0.432 e. The number of halogens is 4. The van der Waals surface area contributed by atoms with E-state index in [-0.39, 0.29) is 0 Å². The van der Waals surface area contributed by atoms with Crippen LogP contribution < -0.4 is 10.1 Å². The second kappa shape index (κ2) is 6.52. The topological polar surface area (TPSA) is 21.3 Å². The van der Waals surface area contributed by atoms with Gasteiger partial charge in [0.1, 0.15) is 0 Å². The molecule has 2 aromatic carbocycles. The van der Waals surface area contributed by atoms with Crippen LogP contribution >= 0.6 is 11.6 Å². The quantitative estimate of drug-likeness (QED) is 0.865. The maximum atomic E-state index is 13.5. The Labute approximate surface area is 119 Å². The molecule has 0 atom stereocenters. The van der Waals surface area contributed by atoms with Crippen molar-refractivity contribution in [3.63, 3.8) is 0 Å². The van der Waals surface area contributed by atoms with Crippen molar-refractivity contribution in [1.82, 2.24) is 0 Å². The van der Waals surface area contributed by atoms with Gasteiger partial charge in [0.05, 0.1) is 0 Å². The normalized spacial score (nSPS) is 10.7. The van der Waals surface area contributed by atoms with E-state index >= 15 is 0 Å². The van der Waals surface area contributed by atoms with Crippen molar-refractivity contribution in [3.05, 3.63) is 58.9 Å². The van der Waals surface area contributed by atoms with E-state index in [4.69, 9.17) is 11.6 Å². The lowest BCUT2D eigenvalue weighted by Crippen LogP contribution is -2.05. The number of hydrogen-bond donors (Lipinski definition) is 1. The zero-order valence-corrected chi connectivity index (χ0v) is 11.0. The molecule has 0 aliphatic heterocycles. The summed E-state index contributed by atoms with van der Waals surface area (Å²) < 4.78 is 41.5. The molecule has 0 fully saturated rings. The lowest BCUT2D eigenvalue weighted by atomic mass is 10.2. The van der Waals surface area contributed by atoms with Gasteiger partial charge in [0.15, 0.2) is 11.6 Å². The van der Waals surface area contributed by atoms with E-state index in [0.717, 1.165) is 17.7 Å². The van der Waals surface area contributed by atoms with Gasteiger partial charge in [-0.1, -0.05) is 29.8 Å². The molecule has 0 saturated heterocycles. The molecule has 0 heterocycles. The van der Waals surface area contributed by atoms with Gasteiger partial charge in [-0.25, -0.2) is 4.39 Å². The average Bonchev–Trinajstić information content (AvgIpc) is 2.40. The summed E-state index contributed by atoms with van der Waals surface area (Å²) in [6, 6.07) is 10.9. The molecule has 106 valence electrons. The van der Waals surface area contributed by atoms with E-state index in [2.05, 4.69) is 10.1 Å². The first-order chi connectivity index (χ1) is 9.56. The first kappa shape index (κ1) is 14.5. The molecule has 0 aliphatic carbocycles. The van der Waals surface area contributed by atoms with Gasteiger partial charge in [0, 0.05) is 23.3 Å². The summed E-state index contributed by atoms with van der Waals surface area (Å²) in [4.78, 5) is 0. The monoisotopic (exact) mass is 301 g/mol. The Morgan fingerprint density at radius 2 is 1.90 bits per heavy atom. The lowest BCUT2D eigenvalue weighted by molar-refractivity contribution is -0.0521. The van der Waals surface area contributed by atoms with Crippen LogP contribution in [-0.4, -0.2) is 6.61 Å². The van der Waals surface area contributed by atoms with Gasteiger partial charge in [-0.15, -0.1) is 0 Å². The number of benzene rings is 2. The van der Waals surface area contributed by atoms with Gasteiger partial charge in [0.2, 0.25) is 0 Å². The third-order valence-electron chi connectivity index (χ3n) is 2.59. The highest BCUT2D eigenvalue weighted by atomic mass is 35.5. The van der Waals surface area contributed by atoms with Crippen LogP contribution in [0.2, 0.25) is 5.02 Å². The van der Waals surface area contributed by atoms with E-state index in [1.807, 2.05) is 18.2 Å². The highest BCUT2D eigenvalue weighted by Crippen LogP contribution is 2.24. The SMILES string of the molecule is Fc1cc(NCc2ccccc2Cl)ccc1OC(F)F. The molecule has 0 spiro atoms. The van der Waals surface area contributed by atoms with Gasteiger partial charge in [-0.3, -0.25) is 0 Å². The Balaban J connectivity index is 2.04. The second-order valence-electron chi connectivity index (χ2n) is 3.97. The van der Waals surface area contributed by atoms with Crippen LogP contribution in [0.4, 0.5) is 18.9 Å². The average molecular weight is 302 g/mol. The summed E-state index contributed by atoms with van der Waals surface area (Å²) in [5.74, 6) is -1.34. The van der Waals surface area contributed by atoms with Crippen molar-refractivity contribution >= 4 is 17.3 Å². The molecule has 0 aromatic heterocycles. The molecule has 0 amide bonds. The Kier molecular flexibility index (Phi) is 4.74. The number of nitrogens with one attached hydrogen (secondary N) is 1. The number of anilines is 1. The molecule has 6 heteroatoms. The zero-order chi connectivity index (χ0) is 14.5. The molecule has 20 heavy (non-hydrogen) atoms. The Bertz CT molecular complexity index is 592. The van der Waals surface area contributed by atoms with Crippen molar-refractivity contribution in [3.8, 4) is 5.75 Å². The van der Waals surface area contributed by atoms with Crippen LogP contribution in [0.25, 0.3) is 0 Å². The number of hydrogen-bond acceptors (Lipinski definition) is 2. The zero-order valence-electron chi connectivity index (χ0n) is 10.2. The predicted molar refractivity (Wildman–Crippen MR) is 71.8 cm³/mol. The molecule has 0 unspecified atom stereocenters. The summed E-state index contributed by atoms with van der Waals surface area (Å²) in [6.45, 7) is -2.65. The Hall–Kier alpha value is -1.88. The first-order valence-corrected chi connectivity index (χ1v) is 6.15. The largest absolute Gasteiger partial charge is 0.432 e. The number of ether oxygens (including phenoxy) is 1. The minimum absolute atomic E-state index is 0.397. The number of rotatable bonds is 5.